The number of phenolic OH excluding ortho intramolecular Hbond substituents is 1. The molecule has 10 N–H and O–H groups in total. The number of carbonyl (C=O) groups is 9. The van der Waals surface area contributed by atoms with E-state index in [-0.39, 0.29) is 149 Å². The summed E-state index contributed by atoms with van der Waals surface area (Å²) in [6.07, 6.45) is 13.0. The normalized spacial score (nSPS) is 23.7. The lowest BCUT2D eigenvalue weighted by Crippen LogP contribution is -2.58. The fraction of sp³-hybridized carbons (Fsp3) is 0.537. The molecule has 5 bridgehead atoms. The van der Waals surface area contributed by atoms with E-state index in [9.17, 15) is 58.2 Å². The molecule has 5 aromatic rings. The topological polar surface area (TPSA) is 405 Å². The zero-order valence-corrected chi connectivity index (χ0v) is 65.7. The number of primary amides is 1. The number of nitrogens with one attached hydrogen (secondary N) is 6. The molecule has 1 unspecified atom stereocenters. The summed E-state index contributed by atoms with van der Waals surface area (Å²) in [6, 6.07) is 7.25. The smallest absolute Gasteiger partial charge is 0.407 e. The second-order valence-corrected chi connectivity index (χ2v) is 31.0. The third-order valence-electron chi connectivity index (χ3n) is 22.9. The van der Waals surface area contributed by atoms with Crippen molar-refractivity contribution < 1.29 is 81.5 Å². The van der Waals surface area contributed by atoms with E-state index in [2.05, 4.69) is 45.7 Å². The first-order valence-corrected chi connectivity index (χ1v) is 38.9. The minimum Gasteiger partial charge on any atom is -0.507 e. The summed E-state index contributed by atoms with van der Waals surface area (Å²) >= 11 is 0. The highest BCUT2D eigenvalue weighted by atomic mass is 16.7. The summed E-state index contributed by atoms with van der Waals surface area (Å²) in [4.78, 5) is 157. The number of fused-ring (bicyclic) bond motifs is 5. The lowest BCUT2D eigenvalue weighted by atomic mass is 9.57. The number of likely N-dealkylation sites (tertiary alicyclic amines) is 1. The number of aromatic hydroxyl groups is 1. The van der Waals surface area contributed by atoms with Gasteiger partial charge in [-0.05, 0) is 126 Å². The van der Waals surface area contributed by atoms with Gasteiger partial charge < -0.3 is 80.8 Å². The molecule has 0 spiro atoms. The zero-order valence-electron chi connectivity index (χ0n) is 65.7. The number of nitrogens with two attached hydrogens (primary N) is 1. The van der Waals surface area contributed by atoms with Crippen molar-refractivity contribution in [2.45, 2.75) is 208 Å². The summed E-state index contributed by atoms with van der Waals surface area (Å²) in [7, 11) is 8.01. The first kappa shape index (κ1) is 83.9. The van der Waals surface area contributed by atoms with Gasteiger partial charge in [-0.25, -0.2) is 14.6 Å². The summed E-state index contributed by atoms with van der Waals surface area (Å²) < 4.78 is 36.7. The largest absolute Gasteiger partial charge is 0.507 e. The Balaban J connectivity index is 0.792. The van der Waals surface area contributed by atoms with E-state index in [0.29, 0.717) is 87.8 Å². The highest BCUT2D eigenvalue weighted by Crippen LogP contribution is 2.47. The number of piperidine rings is 1. The Kier molecular flexibility index (Phi) is 26.9. The Morgan fingerprint density at radius 1 is 0.884 bits per heavy atom. The number of phenols is 1. The van der Waals surface area contributed by atoms with Gasteiger partial charge in [-0.2, -0.15) is 0 Å². The molecule has 3 fully saturated rings. The Labute approximate surface area is 651 Å². The van der Waals surface area contributed by atoms with Crippen molar-refractivity contribution in [2.24, 2.45) is 40.7 Å². The van der Waals surface area contributed by atoms with Gasteiger partial charge in [0, 0.05) is 118 Å². The zero-order chi connectivity index (χ0) is 81.3. The fourth-order valence-corrected chi connectivity index (χ4v) is 16.0. The van der Waals surface area contributed by atoms with Gasteiger partial charge >= 0.3 is 23.9 Å². The maximum absolute atomic E-state index is 15.2. The predicted molar refractivity (Wildman–Crippen MR) is 422 cm³/mol. The molecular formula is C82H105BN10O19. The maximum atomic E-state index is 15.2. The van der Waals surface area contributed by atoms with Crippen molar-refractivity contribution in [3.05, 3.63) is 109 Å². The third-order valence-corrected chi connectivity index (χ3v) is 22.9. The molecule has 1 aliphatic carbocycles. The number of hydrogen-bond donors (Lipinski definition) is 9. The van der Waals surface area contributed by atoms with Crippen LogP contribution in [0.2, 0.25) is 5.31 Å². The molecule has 112 heavy (non-hydrogen) atoms. The highest BCUT2D eigenvalue weighted by Gasteiger charge is 2.52. The van der Waals surface area contributed by atoms with Crippen LogP contribution in [-0.2, 0) is 59.1 Å². The van der Waals surface area contributed by atoms with Crippen LogP contribution in [0.25, 0.3) is 38.7 Å². The number of urea groups is 1. The highest BCUT2D eigenvalue weighted by molar-refractivity contribution is 6.20. The monoisotopic (exact) mass is 1540 g/mol. The molecule has 9 atom stereocenters. The Bertz CT molecular complexity index is 4720. The molecule has 10 rings (SSSR count). The van der Waals surface area contributed by atoms with Gasteiger partial charge in [0.25, 0.3) is 5.91 Å². The number of anilines is 3. The molecule has 5 aliphatic rings. The Hall–Kier alpha value is -10.5. The molecule has 4 aromatic carbocycles. The molecule has 2 saturated heterocycles. The second kappa shape index (κ2) is 35.9. The van der Waals surface area contributed by atoms with E-state index in [1.54, 1.807) is 55.5 Å². The number of aliphatic hydroxyl groups excluding tert-OH is 1. The number of nitrogens with zero attached hydrogens (tertiary/aromatic N) is 3. The predicted octanol–water partition coefficient (Wildman–Crippen LogP) is 9.36. The average molecular weight is 1550 g/mol. The van der Waals surface area contributed by atoms with Crippen molar-refractivity contribution in [3.8, 4) is 11.5 Å². The summed E-state index contributed by atoms with van der Waals surface area (Å²) in [6.45, 7) is 19.0. The third kappa shape index (κ3) is 18.5. The standard InChI is InChI=1S/C82H105BN10O19/c1-12-82(83,13-2)55-42-60(96)93(75(55)102)34-16-14-15-32-85-76(103)81(30-19-31-81)77(104)89-56(22-18-33-86-78(84)105)74(101)87-52-25-23-51(24-26-52)43-108-79(106)88-53-27-35-92(36-28-53)54-40-57(95)64-59(41-54)111-71-65(90-64)61-62-67(97)49(8)70-63(61)72(99)80(10,112-70)109-37-29-58(107-11)48(7)69(110-50(9)94)47(6)39-45(4)38-44(3)20-17-21-46(5)73(100)91-66(71)68(62)98/h17,20-21,23-26,29,37,40-41,44-45,47-48,53,55-56,58,69,97,99H,12-16,18-19,22,27-28,30-36,38-39,42-43H2,1-11H3,(H,85,103)(H,87,101)(H,88,106)(H,89,104)(H,91,100)(H3,84,86,105)/b20-17+,37-29+,46-21-/t44-,45+,47+,48+,55?,56-,58-,69-,80-/m0/s1. The quantitative estimate of drug-likeness (QED) is 0.00528. The number of alkyl carbamates (subject to hydrolysis) is 1. The number of hydrogen-bond acceptors (Lipinski definition) is 21. The van der Waals surface area contributed by atoms with Crippen LogP contribution in [0.1, 0.15) is 170 Å². The van der Waals surface area contributed by atoms with Gasteiger partial charge in [-0.3, -0.25) is 48.1 Å². The first-order chi connectivity index (χ1) is 53.2. The van der Waals surface area contributed by atoms with Crippen LogP contribution < -0.4 is 63.3 Å². The molecule has 1 aromatic heterocycles. The first-order valence-electron chi connectivity index (χ1n) is 38.9. The van der Waals surface area contributed by atoms with Crippen LogP contribution in [0.4, 0.5) is 26.7 Å². The van der Waals surface area contributed by atoms with Crippen LogP contribution in [0.3, 0.4) is 0 Å². The van der Waals surface area contributed by atoms with E-state index < -0.39 is 116 Å². The van der Waals surface area contributed by atoms with Crippen LogP contribution in [0.5, 0.6) is 11.5 Å². The minimum absolute atomic E-state index is 0.0359. The average Bonchev–Trinajstić information content (AvgIpc) is 1.42. The molecule has 5 heterocycles. The number of methoxy groups -OCH3 is 1. The number of amides is 9. The lowest BCUT2D eigenvalue weighted by molar-refractivity contribution is -0.155. The Morgan fingerprint density at radius 2 is 1.59 bits per heavy atom. The van der Waals surface area contributed by atoms with E-state index in [1.165, 1.54) is 45.1 Å². The van der Waals surface area contributed by atoms with E-state index >= 15 is 4.79 Å². The van der Waals surface area contributed by atoms with Gasteiger partial charge in [0.2, 0.25) is 40.4 Å². The number of aromatic nitrogens is 1. The maximum Gasteiger partial charge on any atom is 0.407 e. The second-order valence-electron chi connectivity index (χ2n) is 31.0. The van der Waals surface area contributed by atoms with Crippen molar-refractivity contribution in [3.63, 3.8) is 0 Å². The number of benzene rings is 4. The Morgan fingerprint density at radius 3 is 2.25 bits per heavy atom. The molecule has 1 saturated carbocycles. The molecule has 9 amide bonds. The summed E-state index contributed by atoms with van der Waals surface area (Å²) in [5, 5.41) is 39.7. The van der Waals surface area contributed by atoms with Crippen LogP contribution in [-0.4, -0.2) is 151 Å². The van der Waals surface area contributed by atoms with Gasteiger partial charge in [-0.15, -0.1) is 0 Å². The number of aliphatic hydroxyl groups is 1. The molecule has 29 nitrogen and oxygen atoms in total. The van der Waals surface area contributed by atoms with Crippen molar-refractivity contribution >= 4 is 117 Å². The van der Waals surface area contributed by atoms with Crippen LogP contribution in [0, 0.1) is 41.9 Å². The minimum atomic E-state index is -2.00. The van der Waals surface area contributed by atoms with Crippen LogP contribution >= 0.6 is 0 Å². The van der Waals surface area contributed by atoms with Crippen molar-refractivity contribution in [1.82, 2.24) is 31.2 Å². The number of imide groups is 1. The van der Waals surface area contributed by atoms with Crippen molar-refractivity contribution in [2.75, 3.05) is 55.4 Å². The summed E-state index contributed by atoms with van der Waals surface area (Å²) in [5.41, 5.74) is 2.87. The van der Waals surface area contributed by atoms with E-state index in [1.807, 2.05) is 38.7 Å². The van der Waals surface area contributed by atoms with Gasteiger partial charge in [0.1, 0.15) is 46.9 Å². The number of unbranched alkanes of at least 4 members (excludes halogenated alkanes) is 2. The molecular weight excluding hydrogens is 1440 g/mol. The molecule has 30 heteroatoms. The number of esters is 1. The van der Waals surface area contributed by atoms with E-state index in [4.69, 9.17) is 46.7 Å². The molecule has 2 radical (unpaired) electrons. The number of carbonyl (C=O) groups excluding carboxylic acids is 9. The van der Waals surface area contributed by atoms with E-state index in [0.717, 1.165) is 6.42 Å². The van der Waals surface area contributed by atoms with Gasteiger partial charge in [0.05, 0.1) is 30.8 Å². The molecule has 4 aliphatic heterocycles. The van der Waals surface area contributed by atoms with Crippen LogP contribution in [0.15, 0.2) is 86.5 Å². The number of allylic oxidation sites excluding steroid dienone is 3. The van der Waals surface area contributed by atoms with Gasteiger partial charge in [0.15, 0.2) is 22.4 Å². The van der Waals surface area contributed by atoms with Crippen molar-refractivity contribution in [1.29, 1.82) is 0 Å². The molecule has 600 valence electrons. The lowest BCUT2D eigenvalue weighted by Gasteiger charge is -2.39. The van der Waals surface area contributed by atoms with Gasteiger partial charge in [-0.1, -0.05) is 96.5 Å². The fourth-order valence-electron chi connectivity index (χ4n) is 16.0. The summed E-state index contributed by atoms with van der Waals surface area (Å²) in [5.74, 6) is -7.24. The number of ether oxygens (including phenoxy) is 5. The SMILES string of the molecule is [B]C(CC)(CC)C1CC(=O)N(CCCCCNC(=O)C2(C(=O)N[C@@H](CCCNC(N)=O)C(=O)Nc3ccc(COC(=O)NC4CCN(c5cc(=O)c6nc7c(oc6c5)c5c(=O)c6c(O)c(C)c8c(c67)=C(O)[C@@](C)(O/C=C/[C@H](OC)[C@@H](C)[C@@H](OC(C)=O)[C@H](C)C[C@H](C)C[C@@H](C)/C=C/C=C(/C)C(=O)N5)O8)CC4)cc3)CCC2)C1=O. The number of rotatable bonds is 24.